The number of fused-ring (bicyclic) bond motifs is 1. The summed E-state index contributed by atoms with van der Waals surface area (Å²) in [7, 11) is 0. The zero-order valence-electron chi connectivity index (χ0n) is 14.3. The van der Waals surface area contributed by atoms with Crippen LogP contribution in [0.4, 0.5) is 5.69 Å². The summed E-state index contributed by atoms with van der Waals surface area (Å²) in [4.78, 5) is 26.5. The van der Waals surface area contributed by atoms with Gasteiger partial charge in [0.05, 0.1) is 4.88 Å². The molecular formula is C20H20N2O2S. The van der Waals surface area contributed by atoms with Crippen molar-refractivity contribution in [3.05, 3.63) is 65.0 Å². The van der Waals surface area contributed by atoms with Crippen LogP contribution in [0.15, 0.2) is 54.6 Å². The Morgan fingerprint density at radius 2 is 1.88 bits per heavy atom. The molecule has 1 N–H and O–H groups in total. The van der Waals surface area contributed by atoms with Crippen molar-refractivity contribution < 1.29 is 9.59 Å². The molecule has 0 radical (unpaired) electrons. The van der Waals surface area contributed by atoms with Gasteiger partial charge in [-0.1, -0.05) is 30.3 Å². The molecule has 0 saturated heterocycles. The Hall–Kier alpha value is -2.66. The fraction of sp³-hybridized carbons (Fsp3) is 0.200. The van der Waals surface area contributed by atoms with Gasteiger partial charge in [-0.3, -0.25) is 9.59 Å². The predicted octanol–water partition coefficient (Wildman–Crippen LogP) is 4.52. The van der Waals surface area contributed by atoms with E-state index in [1.54, 1.807) is 11.8 Å². The Morgan fingerprint density at radius 1 is 1.08 bits per heavy atom. The minimum atomic E-state index is -0.114. The lowest BCUT2D eigenvalue weighted by Gasteiger charge is -2.19. The summed E-state index contributed by atoms with van der Waals surface area (Å²) in [6.45, 7) is 4.72. The largest absolute Gasteiger partial charge is 0.339 e. The van der Waals surface area contributed by atoms with Crippen LogP contribution < -0.4 is 5.32 Å². The molecule has 128 valence electrons. The Kier molecular flexibility index (Phi) is 5.14. The van der Waals surface area contributed by atoms with Crippen LogP contribution in [0.1, 0.15) is 29.1 Å². The summed E-state index contributed by atoms with van der Waals surface area (Å²) in [6.07, 6.45) is 0. The second-order valence-corrected chi connectivity index (χ2v) is 6.92. The first kappa shape index (κ1) is 17.2. The monoisotopic (exact) mass is 352 g/mol. The summed E-state index contributed by atoms with van der Waals surface area (Å²) in [5.41, 5.74) is 1.73. The number of benzene rings is 2. The summed E-state index contributed by atoms with van der Waals surface area (Å²) in [6, 6.07) is 17.5. The minimum absolute atomic E-state index is 0.0437. The molecule has 0 fully saturated rings. The summed E-state index contributed by atoms with van der Waals surface area (Å²) >= 11 is 1.48. The van der Waals surface area contributed by atoms with Gasteiger partial charge in [-0.2, -0.15) is 0 Å². The van der Waals surface area contributed by atoms with E-state index < -0.39 is 0 Å². The van der Waals surface area contributed by atoms with Crippen LogP contribution in [0.3, 0.4) is 0 Å². The first-order valence-corrected chi connectivity index (χ1v) is 9.03. The van der Waals surface area contributed by atoms with Crippen molar-refractivity contribution in [1.29, 1.82) is 0 Å². The number of hydrogen-bond donors (Lipinski definition) is 1. The maximum Gasteiger partial charge on any atom is 0.265 e. The third-order valence-corrected chi connectivity index (χ3v) is 5.15. The lowest BCUT2D eigenvalue weighted by molar-refractivity contribution is -0.129. The standard InChI is InChI=1S/C20H20N2O2S/c1-3-22(14(2)23)13-15-7-6-9-17(11-15)21-20(24)19-12-16-8-4-5-10-18(16)25-19/h4-12H,3,13H2,1-2H3,(H,21,24). The number of rotatable bonds is 5. The van der Waals surface area contributed by atoms with Gasteiger partial charge in [0.2, 0.25) is 5.91 Å². The molecule has 1 heterocycles. The van der Waals surface area contributed by atoms with E-state index in [-0.39, 0.29) is 11.8 Å². The molecule has 2 aromatic carbocycles. The first-order valence-electron chi connectivity index (χ1n) is 8.21. The quantitative estimate of drug-likeness (QED) is 0.734. The van der Waals surface area contributed by atoms with E-state index in [2.05, 4.69) is 5.32 Å². The van der Waals surface area contributed by atoms with E-state index in [1.807, 2.05) is 61.5 Å². The van der Waals surface area contributed by atoms with Gasteiger partial charge in [-0.05, 0) is 42.1 Å². The second-order valence-electron chi connectivity index (χ2n) is 5.84. The van der Waals surface area contributed by atoms with E-state index in [0.29, 0.717) is 18.0 Å². The summed E-state index contributed by atoms with van der Waals surface area (Å²) in [5.74, 6) is -0.0699. The number of carbonyl (C=O) groups is 2. The molecule has 5 heteroatoms. The number of amides is 2. The van der Waals surface area contributed by atoms with Crippen molar-refractivity contribution in [3.63, 3.8) is 0 Å². The van der Waals surface area contributed by atoms with Gasteiger partial charge in [0.25, 0.3) is 5.91 Å². The maximum absolute atomic E-state index is 12.5. The Balaban J connectivity index is 1.75. The molecule has 0 unspecified atom stereocenters. The van der Waals surface area contributed by atoms with Gasteiger partial charge in [0.1, 0.15) is 0 Å². The smallest absolute Gasteiger partial charge is 0.265 e. The molecule has 3 aromatic rings. The molecule has 0 bridgehead atoms. The van der Waals surface area contributed by atoms with Gasteiger partial charge in [0.15, 0.2) is 0 Å². The van der Waals surface area contributed by atoms with Crippen molar-refractivity contribution in [2.24, 2.45) is 0 Å². The maximum atomic E-state index is 12.5. The average molecular weight is 352 g/mol. The van der Waals surface area contributed by atoms with Gasteiger partial charge in [-0.15, -0.1) is 11.3 Å². The van der Waals surface area contributed by atoms with Crippen molar-refractivity contribution in [1.82, 2.24) is 4.90 Å². The van der Waals surface area contributed by atoms with Gasteiger partial charge in [0, 0.05) is 30.4 Å². The van der Waals surface area contributed by atoms with Gasteiger partial charge < -0.3 is 10.2 Å². The van der Waals surface area contributed by atoms with Crippen molar-refractivity contribution in [3.8, 4) is 0 Å². The number of anilines is 1. The third kappa shape index (κ3) is 4.06. The van der Waals surface area contributed by atoms with Crippen LogP contribution in [0.2, 0.25) is 0 Å². The molecule has 0 aliphatic heterocycles. The highest BCUT2D eigenvalue weighted by atomic mass is 32.1. The van der Waals surface area contributed by atoms with E-state index in [9.17, 15) is 9.59 Å². The summed E-state index contributed by atoms with van der Waals surface area (Å²) in [5, 5.41) is 4.02. The predicted molar refractivity (Wildman–Crippen MR) is 103 cm³/mol. The SMILES string of the molecule is CCN(Cc1cccc(NC(=O)c2cc3ccccc3s2)c1)C(C)=O. The minimum Gasteiger partial charge on any atom is -0.339 e. The average Bonchev–Trinajstić information content (AvgIpc) is 3.04. The number of thiophene rings is 1. The molecule has 2 amide bonds. The van der Waals surface area contributed by atoms with Gasteiger partial charge in [-0.25, -0.2) is 0 Å². The number of nitrogens with one attached hydrogen (secondary N) is 1. The Morgan fingerprint density at radius 3 is 2.60 bits per heavy atom. The van der Waals surface area contributed by atoms with Crippen LogP contribution in [-0.2, 0) is 11.3 Å². The molecule has 3 rings (SSSR count). The lowest BCUT2D eigenvalue weighted by atomic mass is 10.2. The first-order chi connectivity index (χ1) is 12.1. The highest BCUT2D eigenvalue weighted by molar-refractivity contribution is 7.20. The van der Waals surface area contributed by atoms with Crippen molar-refractivity contribution in [2.45, 2.75) is 20.4 Å². The van der Waals surface area contributed by atoms with E-state index in [1.165, 1.54) is 11.3 Å². The molecule has 4 nitrogen and oxygen atoms in total. The highest BCUT2D eigenvalue weighted by Crippen LogP contribution is 2.26. The lowest BCUT2D eigenvalue weighted by Crippen LogP contribution is -2.27. The van der Waals surface area contributed by atoms with E-state index >= 15 is 0 Å². The fourth-order valence-electron chi connectivity index (χ4n) is 2.70. The van der Waals surface area contributed by atoms with Crippen LogP contribution in [-0.4, -0.2) is 23.3 Å². The van der Waals surface area contributed by atoms with Crippen molar-refractivity contribution >= 4 is 38.9 Å². The van der Waals surface area contributed by atoms with Crippen LogP contribution in [0.25, 0.3) is 10.1 Å². The molecular weight excluding hydrogens is 332 g/mol. The molecule has 0 atom stereocenters. The molecule has 1 aromatic heterocycles. The van der Waals surface area contributed by atoms with Crippen LogP contribution in [0.5, 0.6) is 0 Å². The zero-order valence-corrected chi connectivity index (χ0v) is 15.1. The van der Waals surface area contributed by atoms with E-state index in [4.69, 9.17) is 0 Å². The highest BCUT2D eigenvalue weighted by Gasteiger charge is 2.11. The summed E-state index contributed by atoms with van der Waals surface area (Å²) < 4.78 is 1.10. The molecule has 0 aliphatic rings. The normalized spacial score (nSPS) is 10.6. The number of carbonyl (C=O) groups excluding carboxylic acids is 2. The van der Waals surface area contributed by atoms with Crippen LogP contribution in [0, 0.1) is 0 Å². The number of nitrogens with zero attached hydrogens (tertiary/aromatic N) is 1. The number of hydrogen-bond acceptors (Lipinski definition) is 3. The zero-order chi connectivity index (χ0) is 17.8. The Bertz CT molecular complexity index is 884. The Labute approximate surface area is 151 Å². The second kappa shape index (κ2) is 7.49. The molecule has 0 saturated carbocycles. The molecule has 0 aliphatic carbocycles. The van der Waals surface area contributed by atoms with Crippen LogP contribution >= 0.6 is 11.3 Å². The molecule has 0 spiro atoms. The third-order valence-electron chi connectivity index (χ3n) is 4.03. The van der Waals surface area contributed by atoms with Gasteiger partial charge >= 0.3 is 0 Å². The molecule has 25 heavy (non-hydrogen) atoms. The topological polar surface area (TPSA) is 49.4 Å². The fourth-order valence-corrected chi connectivity index (χ4v) is 3.66. The van der Waals surface area contributed by atoms with Crippen molar-refractivity contribution in [2.75, 3.05) is 11.9 Å². The van der Waals surface area contributed by atoms with E-state index in [0.717, 1.165) is 21.3 Å².